The predicted molar refractivity (Wildman–Crippen MR) is 83.9 cm³/mol. The maximum absolute atomic E-state index is 12.9. The Morgan fingerprint density at radius 2 is 1.90 bits per heavy atom. The van der Waals surface area contributed by atoms with E-state index in [1.165, 1.54) is 12.1 Å². The Balaban J connectivity index is 1.91. The topological polar surface area (TPSA) is 45.2 Å². The van der Waals surface area contributed by atoms with Crippen molar-refractivity contribution in [3.8, 4) is 0 Å². The molecule has 0 radical (unpaired) electrons. The van der Waals surface area contributed by atoms with Gasteiger partial charge in [-0.3, -0.25) is 0 Å². The van der Waals surface area contributed by atoms with E-state index in [0.717, 1.165) is 10.7 Å². The molecule has 2 unspecified atom stereocenters. The van der Waals surface area contributed by atoms with Gasteiger partial charge in [-0.15, -0.1) is 11.3 Å². The zero-order valence-corrected chi connectivity index (χ0v) is 13.3. The fourth-order valence-corrected chi connectivity index (χ4v) is 2.83. The lowest BCUT2D eigenvalue weighted by Crippen LogP contribution is -2.31. The molecule has 0 fully saturated rings. The Labute approximate surface area is 128 Å². The summed E-state index contributed by atoms with van der Waals surface area (Å²) >= 11 is 1.66. The molecule has 114 valence electrons. The molecule has 0 aliphatic heterocycles. The first-order valence-electron chi connectivity index (χ1n) is 7.08. The van der Waals surface area contributed by atoms with E-state index in [0.29, 0.717) is 18.0 Å². The monoisotopic (exact) mass is 308 g/mol. The first kappa shape index (κ1) is 16.1. The Hall–Kier alpha value is -1.30. The molecule has 1 aromatic heterocycles. The first-order chi connectivity index (χ1) is 9.97. The Bertz CT molecular complexity index is 568. The van der Waals surface area contributed by atoms with Gasteiger partial charge in [0.1, 0.15) is 5.82 Å². The van der Waals surface area contributed by atoms with Crippen LogP contribution >= 0.6 is 11.3 Å². The van der Waals surface area contributed by atoms with Crippen molar-refractivity contribution >= 4 is 11.3 Å². The van der Waals surface area contributed by atoms with Gasteiger partial charge in [0, 0.05) is 23.9 Å². The molecule has 1 heterocycles. The van der Waals surface area contributed by atoms with Crippen LogP contribution in [0.5, 0.6) is 0 Å². The smallest absolute Gasteiger partial charge is 0.123 e. The molecule has 0 amide bonds. The van der Waals surface area contributed by atoms with E-state index in [-0.39, 0.29) is 11.9 Å². The molecule has 0 saturated heterocycles. The molecule has 1 aromatic carbocycles. The van der Waals surface area contributed by atoms with Crippen LogP contribution in [0.25, 0.3) is 0 Å². The molecule has 0 spiro atoms. The largest absolute Gasteiger partial charge is 0.387 e. The van der Waals surface area contributed by atoms with Gasteiger partial charge in [0.15, 0.2) is 0 Å². The van der Waals surface area contributed by atoms with Crippen LogP contribution in [0.4, 0.5) is 4.39 Å². The third kappa shape index (κ3) is 4.33. The van der Waals surface area contributed by atoms with Gasteiger partial charge >= 0.3 is 0 Å². The second-order valence-corrected chi connectivity index (χ2v) is 6.39. The number of nitrogens with one attached hydrogen (secondary N) is 1. The highest BCUT2D eigenvalue weighted by molar-refractivity contribution is 7.09. The molecule has 0 aliphatic carbocycles. The van der Waals surface area contributed by atoms with Crippen LogP contribution in [0.15, 0.2) is 29.6 Å². The molecular weight excluding hydrogens is 287 g/mol. The summed E-state index contributed by atoms with van der Waals surface area (Å²) in [6.45, 7) is 6.76. The standard InChI is InChI=1S/C16H21FN2OS/c1-10(2)16-19-14(9-21-16)8-18-11(3)15(20)12-4-6-13(17)7-5-12/h4-7,9-11,15,18,20H,8H2,1-3H3. The number of aliphatic hydroxyl groups is 1. The van der Waals surface area contributed by atoms with E-state index >= 15 is 0 Å². The van der Waals surface area contributed by atoms with Gasteiger partial charge < -0.3 is 10.4 Å². The minimum Gasteiger partial charge on any atom is -0.387 e. The van der Waals surface area contributed by atoms with Gasteiger partial charge in [-0.25, -0.2) is 9.37 Å². The third-order valence-electron chi connectivity index (χ3n) is 3.35. The lowest BCUT2D eigenvalue weighted by atomic mass is 10.0. The summed E-state index contributed by atoms with van der Waals surface area (Å²) < 4.78 is 12.9. The molecule has 5 heteroatoms. The van der Waals surface area contributed by atoms with Gasteiger partial charge in [0.05, 0.1) is 16.8 Å². The average molecular weight is 308 g/mol. The van der Waals surface area contributed by atoms with E-state index in [2.05, 4.69) is 24.1 Å². The summed E-state index contributed by atoms with van der Waals surface area (Å²) in [5.41, 5.74) is 1.69. The molecule has 21 heavy (non-hydrogen) atoms. The first-order valence-corrected chi connectivity index (χ1v) is 7.96. The van der Waals surface area contributed by atoms with Gasteiger partial charge in [-0.2, -0.15) is 0 Å². The Morgan fingerprint density at radius 3 is 2.48 bits per heavy atom. The molecule has 2 aromatic rings. The van der Waals surface area contributed by atoms with Crippen molar-refractivity contribution in [2.75, 3.05) is 0 Å². The van der Waals surface area contributed by atoms with Crippen LogP contribution < -0.4 is 5.32 Å². The number of aliphatic hydroxyl groups excluding tert-OH is 1. The summed E-state index contributed by atoms with van der Waals surface area (Å²) in [5, 5.41) is 16.7. The molecule has 2 N–H and O–H groups in total. The quantitative estimate of drug-likeness (QED) is 0.857. The van der Waals surface area contributed by atoms with Crippen molar-refractivity contribution in [3.63, 3.8) is 0 Å². The predicted octanol–water partition coefficient (Wildman–Crippen LogP) is 3.62. The van der Waals surface area contributed by atoms with E-state index in [9.17, 15) is 9.50 Å². The number of hydrogen-bond acceptors (Lipinski definition) is 4. The highest BCUT2D eigenvalue weighted by Gasteiger charge is 2.16. The summed E-state index contributed by atoms with van der Waals surface area (Å²) in [4.78, 5) is 4.55. The second kappa shape index (κ2) is 7.11. The van der Waals surface area contributed by atoms with Crippen LogP contribution in [-0.4, -0.2) is 16.1 Å². The summed E-state index contributed by atoms with van der Waals surface area (Å²) in [7, 11) is 0. The number of rotatable bonds is 6. The SMILES string of the molecule is CC(C)c1nc(CNC(C)C(O)c2ccc(F)cc2)cs1. The molecule has 0 bridgehead atoms. The normalized spacial score (nSPS) is 14.4. The second-order valence-electron chi connectivity index (χ2n) is 5.50. The zero-order chi connectivity index (χ0) is 15.4. The minimum absolute atomic E-state index is 0.139. The highest BCUT2D eigenvalue weighted by Crippen LogP contribution is 2.20. The molecule has 0 aliphatic rings. The minimum atomic E-state index is -0.672. The molecule has 3 nitrogen and oxygen atoms in total. The summed E-state index contributed by atoms with van der Waals surface area (Å²) in [6.07, 6.45) is -0.672. The van der Waals surface area contributed by atoms with E-state index in [1.807, 2.05) is 12.3 Å². The van der Waals surface area contributed by atoms with Crippen molar-refractivity contribution < 1.29 is 9.50 Å². The van der Waals surface area contributed by atoms with Gasteiger partial charge in [-0.05, 0) is 24.6 Å². The highest BCUT2D eigenvalue weighted by atomic mass is 32.1. The van der Waals surface area contributed by atoms with Gasteiger partial charge in [-0.1, -0.05) is 26.0 Å². The third-order valence-corrected chi connectivity index (χ3v) is 4.55. The van der Waals surface area contributed by atoms with E-state index in [4.69, 9.17) is 0 Å². The molecular formula is C16H21FN2OS. The van der Waals surface area contributed by atoms with Crippen molar-refractivity contribution in [1.82, 2.24) is 10.3 Å². The lowest BCUT2D eigenvalue weighted by molar-refractivity contribution is 0.135. The maximum atomic E-state index is 12.9. The van der Waals surface area contributed by atoms with Crippen molar-refractivity contribution in [2.45, 2.75) is 45.4 Å². The zero-order valence-electron chi connectivity index (χ0n) is 12.5. The van der Waals surface area contributed by atoms with E-state index in [1.54, 1.807) is 23.5 Å². The maximum Gasteiger partial charge on any atom is 0.123 e. The number of benzene rings is 1. The van der Waals surface area contributed by atoms with Crippen LogP contribution in [0.3, 0.4) is 0 Å². The Kier molecular flexibility index (Phi) is 5.45. The number of thiazole rings is 1. The summed E-state index contributed by atoms with van der Waals surface area (Å²) in [5.74, 6) is 0.140. The number of aromatic nitrogens is 1. The van der Waals surface area contributed by atoms with Gasteiger partial charge in [0.2, 0.25) is 0 Å². The lowest BCUT2D eigenvalue weighted by Gasteiger charge is -2.20. The average Bonchev–Trinajstić information content (AvgIpc) is 2.94. The summed E-state index contributed by atoms with van der Waals surface area (Å²) in [6, 6.07) is 5.80. The Morgan fingerprint density at radius 1 is 1.24 bits per heavy atom. The fraction of sp³-hybridized carbons (Fsp3) is 0.438. The molecule has 2 atom stereocenters. The number of halogens is 1. The molecule has 0 saturated carbocycles. The van der Waals surface area contributed by atoms with Crippen LogP contribution in [0, 0.1) is 5.82 Å². The van der Waals surface area contributed by atoms with Crippen LogP contribution in [0.1, 0.15) is 49.1 Å². The molecule has 2 rings (SSSR count). The van der Waals surface area contributed by atoms with Crippen LogP contribution in [0.2, 0.25) is 0 Å². The number of nitrogens with zero attached hydrogens (tertiary/aromatic N) is 1. The fourth-order valence-electron chi connectivity index (χ4n) is 1.99. The van der Waals surface area contributed by atoms with Crippen molar-refractivity contribution in [3.05, 3.63) is 51.7 Å². The van der Waals surface area contributed by atoms with Crippen molar-refractivity contribution in [2.24, 2.45) is 0 Å². The van der Waals surface area contributed by atoms with Gasteiger partial charge in [0.25, 0.3) is 0 Å². The van der Waals surface area contributed by atoms with Crippen LogP contribution in [-0.2, 0) is 6.54 Å². The van der Waals surface area contributed by atoms with Crippen molar-refractivity contribution in [1.29, 1.82) is 0 Å². The van der Waals surface area contributed by atoms with E-state index < -0.39 is 6.10 Å². The number of hydrogen-bond donors (Lipinski definition) is 2.